The average Bonchev–Trinajstić information content (AvgIpc) is 3.22. The zero-order valence-corrected chi connectivity index (χ0v) is 19.0. The number of aryl methyl sites for hydroxylation is 1. The van der Waals surface area contributed by atoms with E-state index in [1.807, 2.05) is 36.7 Å². The lowest BCUT2D eigenvalue weighted by atomic mass is 9.87. The van der Waals surface area contributed by atoms with E-state index in [1.165, 1.54) is 0 Å². The zero-order chi connectivity index (χ0) is 22.9. The molecule has 0 aliphatic rings. The highest BCUT2D eigenvalue weighted by molar-refractivity contribution is 6.30. The summed E-state index contributed by atoms with van der Waals surface area (Å²) in [5.74, 6) is -1.41. The molecule has 2 atom stereocenters. The number of carbonyl (C=O) groups excluding carboxylic acids is 2. The molecule has 0 saturated heterocycles. The Morgan fingerprint density at radius 2 is 1.78 bits per heavy atom. The molecule has 2 unspecified atom stereocenters. The van der Waals surface area contributed by atoms with Gasteiger partial charge in [-0.1, -0.05) is 48.9 Å². The van der Waals surface area contributed by atoms with Gasteiger partial charge in [0.1, 0.15) is 6.61 Å². The van der Waals surface area contributed by atoms with Crippen LogP contribution in [0.4, 0.5) is 0 Å². The van der Waals surface area contributed by atoms with Crippen LogP contribution in [0.25, 0.3) is 0 Å². The van der Waals surface area contributed by atoms with E-state index in [0.717, 1.165) is 11.3 Å². The van der Waals surface area contributed by atoms with Gasteiger partial charge in [0.15, 0.2) is 0 Å². The van der Waals surface area contributed by atoms with Gasteiger partial charge in [0.2, 0.25) is 0 Å². The van der Waals surface area contributed by atoms with Crippen molar-refractivity contribution in [2.24, 2.45) is 18.9 Å². The van der Waals surface area contributed by atoms with E-state index in [1.54, 1.807) is 48.9 Å². The van der Waals surface area contributed by atoms with Crippen LogP contribution in [0.2, 0.25) is 5.02 Å². The van der Waals surface area contributed by atoms with Crippen LogP contribution in [0.5, 0.6) is 0 Å². The molecule has 3 rings (SSSR count). The smallest absolute Gasteiger partial charge is 0.338 e. The summed E-state index contributed by atoms with van der Waals surface area (Å²) in [6.45, 7) is 2.20. The summed E-state index contributed by atoms with van der Waals surface area (Å²) < 4.78 is 13.1. The first-order chi connectivity index (χ1) is 15.5. The van der Waals surface area contributed by atoms with Gasteiger partial charge in [0.25, 0.3) is 0 Å². The average molecular weight is 455 g/mol. The summed E-state index contributed by atoms with van der Waals surface area (Å²) in [5, 5.41) is 0.628. The van der Waals surface area contributed by atoms with Crippen molar-refractivity contribution in [3.05, 3.63) is 89.0 Å². The van der Waals surface area contributed by atoms with Crippen LogP contribution in [0.1, 0.15) is 35.0 Å². The van der Waals surface area contributed by atoms with Crippen molar-refractivity contribution in [3.8, 4) is 0 Å². The Labute approximate surface area is 193 Å². The van der Waals surface area contributed by atoms with Crippen LogP contribution >= 0.6 is 11.6 Å². The number of carbonyl (C=O) groups is 2. The fourth-order valence-corrected chi connectivity index (χ4v) is 3.67. The monoisotopic (exact) mass is 454 g/mol. The van der Waals surface area contributed by atoms with Crippen molar-refractivity contribution >= 4 is 23.5 Å². The number of imidazole rings is 1. The summed E-state index contributed by atoms with van der Waals surface area (Å²) in [4.78, 5) is 29.6. The number of nitrogens with zero attached hydrogens (tertiary/aromatic N) is 2. The summed E-state index contributed by atoms with van der Waals surface area (Å²) in [6, 6.07) is 16.0. The SMILES string of the molecule is CCC(C(=O)OCc1ccc(Cl)cc1)C(COC(=O)c1ccccc1)Cc1cncn1C. The zero-order valence-electron chi connectivity index (χ0n) is 18.2. The molecule has 1 heterocycles. The van der Waals surface area contributed by atoms with Gasteiger partial charge >= 0.3 is 11.9 Å². The molecule has 0 amide bonds. The van der Waals surface area contributed by atoms with Gasteiger partial charge in [-0.15, -0.1) is 0 Å². The van der Waals surface area contributed by atoms with E-state index >= 15 is 0 Å². The second-order valence-corrected chi connectivity index (χ2v) is 8.11. The third-order valence-electron chi connectivity index (χ3n) is 5.43. The number of benzene rings is 2. The van der Waals surface area contributed by atoms with Crippen molar-refractivity contribution in [1.82, 2.24) is 9.55 Å². The molecule has 0 aliphatic heterocycles. The second-order valence-electron chi connectivity index (χ2n) is 7.67. The Kier molecular flexibility index (Phi) is 8.45. The van der Waals surface area contributed by atoms with Crippen LogP contribution < -0.4 is 0 Å². The normalized spacial score (nSPS) is 12.7. The number of hydrogen-bond acceptors (Lipinski definition) is 5. The lowest BCUT2D eigenvalue weighted by molar-refractivity contribution is -0.152. The molecule has 0 aliphatic carbocycles. The van der Waals surface area contributed by atoms with Crippen molar-refractivity contribution in [2.75, 3.05) is 6.61 Å². The maximum Gasteiger partial charge on any atom is 0.338 e. The second kappa shape index (κ2) is 11.5. The first-order valence-electron chi connectivity index (χ1n) is 10.6. The molecular weight excluding hydrogens is 428 g/mol. The highest BCUT2D eigenvalue weighted by atomic mass is 35.5. The Balaban J connectivity index is 1.70. The van der Waals surface area contributed by atoms with Crippen LogP contribution in [0, 0.1) is 11.8 Å². The van der Waals surface area contributed by atoms with E-state index < -0.39 is 11.9 Å². The number of rotatable bonds is 10. The molecule has 0 radical (unpaired) electrons. The summed E-state index contributed by atoms with van der Waals surface area (Å²) >= 11 is 5.92. The molecule has 2 aromatic carbocycles. The van der Waals surface area contributed by atoms with E-state index in [0.29, 0.717) is 23.4 Å². The molecule has 0 spiro atoms. The highest BCUT2D eigenvalue weighted by Gasteiger charge is 2.30. The van der Waals surface area contributed by atoms with Crippen molar-refractivity contribution in [2.45, 2.75) is 26.4 Å². The maximum absolute atomic E-state index is 13.0. The van der Waals surface area contributed by atoms with Gasteiger partial charge in [-0.3, -0.25) is 4.79 Å². The van der Waals surface area contributed by atoms with Crippen LogP contribution in [0.3, 0.4) is 0 Å². The molecule has 0 bridgehead atoms. The highest BCUT2D eigenvalue weighted by Crippen LogP contribution is 2.24. The third kappa shape index (κ3) is 6.44. The molecule has 0 N–H and O–H groups in total. The summed E-state index contributed by atoms with van der Waals surface area (Å²) in [6.07, 6.45) is 4.57. The van der Waals surface area contributed by atoms with Gasteiger partial charge in [-0.05, 0) is 42.7 Å². The molecule has 3 aromatic rings. The van der Waals surface area contributed by atoms with Gasteiger partial charge in [-0.25, -0.2) is 9.78 Å². The standard InChI is InChI=1S/C25H27ClN2O4/c1-3-23(25(30)31-15-18-9-11-21(26)12-10-18)20(13-22-14-27-17-28(22)2)16-32-24(29)19-7-5-4-6-8-19/h4-12,14,17,20,23H,3,13,15-16H2,1-2H3. The summed E-state index contributed by atoms with van der Waals surface area (Å²) in [7, 11) is 1.90. The summed E-state index contributed by atoms with van der Waals surface area (Å²) in [5.41, 5.74) is 2.29. The van der Waals surface area contributed by atoms with Crippen LogP contribution in [0.15, 0.2) is 67.1 Å². The first-order valence-corrected chi connectivity index (χ1v) is 10.9. The van der Waals surface area contributed by atoms with Gasteiger partial charge in [0.05, 0.1) is 24.4 Å². The Morgan fingerprint density at radius 1 is 1.06 bits per heavy atom. The molecule has 0 fully saturated rings. The lowest BCUT2D eigenvalue weighted by Gasteiger charge is -2.25. The molecule has 1 aromatic heterocycles. The van der Waals surface area contributed by atoms with E-state index in [9.17, 15) is 9.59 Å². The minimum atomic E-state index is -0.430. The van der Waals surface area contributed by atoms with E-state index in [4.69, 9.17) is 21.1 Å². The maximum atomic E-state index is 13.0. The predicted octanol–water partition coefficient (Wildman–Crippen LogP) is 4.86. The van der Waals surface area contributed by atoms with E-state index in [-0.39, 0.29) is 25.1 Å². The van der Waals surface area contributed by atoms with Crippen LogP contribution in [-0.2, 0) is 34.3 Å². The van der Waals surface area contributed by atoms with E-state index in [2.05, 4.69) is 4.98 Å². The first kappa shape index (κ1) is 23.5. The van der Waals surface area contributed by atoms with Crippen molar-refractivity contribution in [1.29, 1.82) is 0 Å². The third-order valence-corrected chi connectivity index (χ3v) is 5.68. The Bertz CT molecular complexity index is 1020. The van der Waals surface area contributed by atoms with Crippen LogP contribution in [-0.4, -0.2) is 28.1 Å². The molecule has 6 nitrogen and oxygen atoms in total. The topological polar surface area (TPSA) is 70.4 Å². The molecule has 168 valence electrons. The van der Waals surface area contributed by atoms with Gasteiger partial charge in [-0.2, -0.15) is 0 Å². The van der Waals surface area contributed by atoms with Gasteiger partial charge in [0, 0.05) is 29.9 Å². The minimum Gasteiger partial charge on any atom is -0.462 e. The minimum absolute atomic E-state index is 0.105. The van der Waals surface area contributed by atoms with Crippen molar-refractivity contribution in [3.63, 3.8) is 0 Å². The predicted molar refractivity (Wildman–Crippen MR) is 122 cm³/mol. The van der Waals surface area contributed by atoms with Gasteiger partial charge < -0.3 is 14.0 Å². The molecule has 0 saturated carbocycles. The molecule has 32 heavy (non-hydrogen) atoms. The van der Waals surface area contributed by atoms with Crippen molar-refractivity contribution < 1.29 is 19.1 Å². The number of aromatic nitrogens is 2. The Hall–Kier alpha value is -3.12. The molecular formula is C25H27ClN2O4. The number of ether oxygens (including phenoxy) is 2. The quantitative estimate of drug-likeness (QED) is 0.409. The number of esters is 2. The Morgan fingerprint density at radius 3 is 2.41 bits per heavy atom. The fourth-order valence-electron chi connectivity index (χ4n) is 3.54. The molecule has 7 heteroatoms. The lowest BCUT2D eigenvalue weighted by Crippen LogP contribution is -2.31. The number of halogens is 1. The largest absolute Gasteiger partial charge is 0.462 e. The number of hydrogen-bond donors (Lipinski definition) is 0. The fraction of sp³-hybridized carbons (Fsp3) is 0.320.